The first-order valence-corrected chi connectivity index (χ1v) is 19.8. The summed E-state index contributed by atoms with van der Waals surface area (Å²) < 4.78 is 50.0. The highest BCUT2D eigenvalue weighted by Crippen LogP contribution is 2.42. The topological polar surface area (TPSA) is 178 Å². The molecule has 4 saturated heterocycles. The van der Waals surface area contributed by atoms with Crippen molar-refractivity contribution in [2.75, 3.05) is 34.8 Å². The molecule has 0 aliphatic carbocycles. The molecule has 0 unspecified atom stereocenters. The molecular weight excluding hydrogens is 703 g/mol. The Bertz CT molecular complexity index is 1240. The number of fused-ring (bicyclic) bond motifs is 1. The Morgan fingerprint density at radius 3 is 2.26 bits per heavy atom. The van der Waals surface area contributed by atoms with E-state index in [1.807, 2.05) is 60.7 Å². The molecular formula is C38H71BN2O13. The number of carbonyl (C=O) groups excluding carboxylic acids is 1. The lowest BCUT2D eigenvalue weighted by atomic mass is 9.77. The molecule has 4 fully saturated rings. The van der Waals surface area contributed by atoms with Gasteiger partial charge in [-0.25, -0.2) is 0 Å². The summed E-state index contributed by atoms with van der Waals surface area (Å²) in [6.07, 6.45) is -7.01. The van der Waals surface area contributed by atoms with Crippen LogP contribution in [0.5, 0.6) is 0 Å². The summed E-state index contributed by atoms with van der Waals surface area (Å²) in [4.78, 5) is 18.5. The molecule has 54 heavy (non-hydrogen) atoms. The third kappa shape index (κ3) is 9.65. The van der Waals surface area contributed by atoms with E-state index >= 15 is 0 Å². The predicted octanol–water partition coefficient (Wildman–Crippen LogP) is 1.94. The van der Waals surface area contributed by atoms with Crippen LogP contribution in [0.1, 0.15) is 94.9 Å². The van der Waals surface area contributed by atoms with Crippen molar-refractivity contribution in [1.29, 1.82) is 0 Å². The average molecular weight is 775 g/mol. The van der Waals surface area contributed by atoms with Crippen LogP contribution < -0.4 is 0 Å². The van der Waals surface area contributed by atoms with Crippen LogP contribution in [-0.4, -0.2) is 169 Å². The molecule has 0 amide bonds. The lowest BCUT2D eigenvalue weighted by molar-refractivity contribution is -0.318. The molecule has 0 spiro atoms. The van der Waals surface area contributed by atoms with E-state index in [0.29, 0.717) is 19.4 Å². The molecule has 0 radical (unpaired) electrons. The van der Waals surface area contributed by atoms with Crippen molar-refractivity contribution in [3.63, 3.8) is 0 Å². The lowest BCUT2D eigenvalue weighted by Crippen LogP contribution is -2.60. The van der Waals surface area contributed by atoms with E-state index < -0.39 is 97.2 Å². The first kappa shape index (κ1) is 45.7. The van der Waals surface area contributed by atoms with Crippen molar-refractivity contribution in [3.05, 3.63) is 0 Å². The Labute approximate surface area is 323 Å². The van der Waals surface area contributed by atoms with E-state index in [4.69, 9.17) is 37.7 Å². The van der Waals surface area contributed by atoms with Gasteiger partial charge in [0, 0.05) is 38.1 Å². The maximum absolute atomic E-state index is 14.4. The van der Waals surface area contributed by atoms with E-state index in [1.165, 1.54) is 7.11 Å². The van der Waals surface area contributed by atoms with E-state index in [2.05, 4.69) is 4.90 Å². The number of methoxy groups -OCH3 is 1. The van der Waals surface area contributed by atoms with Gasteiger partial charge in [-0.15, -0.1) is 0 Å². The van der Waals surface area contributed by atoms with Gasteiger partial charge < -0.3 is 67.9 Å². The van der Waals surface area contributed by atoms with Crippen LogP contribution in [0.2, 0.25) is 0 Å². The average Bonchev–Trinajstić information content (AvgIpc) is 3.40. The van der Waals surface area contributed by atoms with Crippen LogP contribution in [0, 0.1) is 17.8 Å². The van der Waals surface area contributed by atoms with Gasteiger partial charge in [0.15, 0.2) is 12.6 Å². The largest absolute Gasteiger partial charge is 0.637 e. The van der Waals surface area contributed by atoms with Crippen LogP contribution in [0.15, 0.2) is 0 Å². The Morgan fingerprint density at radius 2 is 1.67 bits per heavy atom. The third-order valence-electron chi connectivity index (χ3n) is 12.8. The minimum absolute atomic E-state index is 0.0944. The zero-order valence-electron chi connectivity index (χ0n) is 35.1. The molecule has 0 aromatic carbocycles. The zero-order valence-corrected chi connectivity index (χ0v) is 35.1. The molecule has 4 rings (SSSR count). The van der Waals surface area contributed by atoms with E-state index in [-0.39, 0.29) is 36.9 Å². The van der Waals surface area contributed by atoms with Gasteiger partial charge in [-0.05, 0) is 94.8 Å². The monoisotopic (exact) mass is 775 g/mol. The number of aliphatic hydroxyl groups is 3. The Kier molecular flexibility index (Phi) is 15.1. The second-order valence-electron chi connectivity index (χ2n) is 17.7. The molecule has 4 heterocycles. The van der Waals surface area contributed by atoms with Crippen LogP contribution in [0.3, 0.4) is 0 Å². The van der Waals surface area contributed by atoms with Gasteiger partial charge in [-0.3, -0.25) is 4.79 Å². The SMILES string of the molecule is CC[C@H]1OC(=O)[C@H](C)[C@@H](O[C@H]2C[C@@](C)(OC)[C@@H](O)[C@H](C)O2)[C@H](C)[C@H](O[C@@H]2O[C@H](C)C[C@H](N(C)C)[C@H]2O)[C@](C)(O)C[C@@H](C)CN(C)[C@H](C)[C@@H]2OB(O)O[C@]12C. The summed E-state index contributed by atoms with van der Waals surface area (Å²) >= 11 is 0. The third-order valence-corrected chi connectivity index (χ3v) is 12.8. The van der Waals surface area contributed by atoms with Crippen molar-refractivity contribution in [1.82, 2.24) is 9.80 Å². The van der Waals surface area contributed by atoms with Crippen molar-refractivity contribution in [2.24, 2.45) is 17.8 Å². The Balaban J connectivity index is 1.83. The number of aliphatic hydroxyl groups excluding tert-OH is 2. The van der Waals surface area contributed by atoms with Crippen molar-refractivity contribution < 1.29 is 62.9 Å². The van der Waals surface area contributed by atoms with Gasteiger partial charge in [0.1, 0.15) is 23.9 Å². The number of cyclic esters (lactones) is 1. The van der Waals surface area contributed by atoms with Gasteiger partial charge >= 0.3 is 13.3 Å². The fourth-order valence-corrected chi connectivity index (χ4v) is 9.46. The van der Waals surface area contributed by atoms with Crippen LogP contribution >= 0.6 is 0 Å². The number of rotatable bonds is 7. The standard InChI is InChI=1S/C38H71BN2O13/c1-15-27-38(10)33(53-39(46)54-38)24(6)41(13)19-20(2)17-36(8,45)32(52-35-29(42)26(40(11)12)16-21(3)48-35)22(4)30(23(5)34(44)50-27)51-28-18-37(9,47-14)31(43)25(7)49-28/h20-33,35,42-43,45-46H,15-19H2,1-14H3/t20-,21-,22+,23-,24-,25+,26+,27-,28+,29-,30+,31+,32+,33+,35+,36-,37-,38-/m1/s1. The van der Waals surface area contributed by atoms with Crippen LogP contribution in [0.4, 0.5) is 0 Å². The van der Waals surface area contributed by atoms with Gasteiger partial charge in [0.25, 0.3) is 0 Å². The van der Waals surface area contributed by atoms with Gasteiger partial charge in [0.2, 0.25) is 0 Å². The second kappa shape index (κ2) is 17.9. The molecule has 0 aromatic heterocycles. The van der Waals surface area contributed by atoms with E-state index in [1.54, 1.807) is 34.6 Å². The summed E-state index contributed by atoms with van der Waals surface area (Å²) in [5.74, 6) is -2.38. The number of ether oxygens (including phenoxy) is 6. The summed E-state index contributed by atoms with van der Waals surface area (Å²) in [5.41, 5.74) is -3.75. The highest BCUT2D eigenvalue weighted by atomic mass is 16.7. The molecule has 4 aliphatic rings. The lowest BCUT2D eigenvalue weighted by Gasteiger charge is -2.48. The smallest absolute Gasteiger partial charge is 0.459 e. The maximum atomic E-state index is 14.4. The highest BCUT2D eigenvalue weighted by Gasteiger charge is 2.58. The summed E-state index contributed by atoms with van der Waals surface area (Å²) in [6, 6.07) is -0.552. The molecule has 314 valence electrons. The summed E-state index contributed by atoms with van der Waals surface area (Å²) in [7, 11) is 5.76. The number of hydrogen-bond donors (Lipinski definition) is 4. The predicted molar refractivity (Wildman–Crippen MR) is 200 cm³/mol. The van der Waals surface area contributed by atoms with Gasteiger partial charge in [0.05, 0.1) is 47.6 Å². The normalized spacial score (nSPS) is 49.3. The first-order chi connectivity index (χ1) is 25.0. The zero-order chi connectivity index (χ0) is 40.7. The number of esters is 1. The van der Waals surface area contributed by atoms with E-state index in [9.17, 15) is 25.1 Å². The summed E-state index contributed by atoms with van der Waals surface area (Å²) in [6.45, 7) is 18.9. The molecule has 15 nitrogen and oxygen atoms in total. The van der Waals surface area contributed by atoms with Crippen molar-refractivity contribution in [3.8, 4) is 0 Å². The highest BCUT2D eigenvalue weighted by molar-refractivity contribution is 6.35. The number of nitrogens with zero attached hydrogens (tertiary/aromatic N) is 2. The molecule has 0 saturated carbocycles. The molecule has 0 aromatic rings. The Hall–Kier alpha value is -0.985. The molecule has 4 aliphatic heterocycles. The molecule has 16 heteroatoms. The minimum atomic E-state index is -1.53. The van der Waals surface area contributed by atoms with Crippen molar-refractivity contribution in [2.45, 2.75) is 185 Å². The first-order valence-electron chi connectivity index (χ1n) is 19.8. The number of likely N-dealkylation sites (N-methyl/N-ethyl adjacent to an activating group) is 2. The summed E-state index contributed by atoms with van der Waals surface area (Å²) in [5, 5.41) is 45.8. The minimum Gasteiger partial charge on any atom is -0.459 e. The fourth-order valence-electron chi connectivity index (χ4n) is 9.46. The Morgan fingerprint density at radius 1 is 1.02 bits per heavy atom. The van der Waals surface area contributed by atoms with Crippen LogP contribution in [-0.2, 0) is 42.5 Å². The molecule has 18 atom stereocenters. The number of hydrogen-bond acceptors (Lipinski definition) is 15. The number of carbonyl (C=O) groups is 1. The second-order valence-corrected chi connectivity index (χ2v) is 17.7. The quantitative estimate of drug-likeness (QED) is 0.218. The van der Waals surface area contributed by atoms with Crippen LogP contribution in [0.25, 0.3) is 0 Å². The fraction of sp³-hybridized carbons (Fsp3) is 0.974. The molecule has 0 bridgehead atoms. The molecule has 4 N–H and O–H groups in total. The van der Waals surface area contributed by atoms with Gasteiger partial charge in [-0.2, -0.15) is 0 Å². The van der Waals surface area contributed by atoms with E-state index in [0.717, 1.165) is 0 Å². The van der Waals surface area contributed by atoms with Gasteiger partial charge in [-0.1, -0.05) is 20.8 Å². The maximum Gasteiger partial charge on any atom is 0.637 e. The van der Waals surface area contributed by atoms with Crippen molar-refractivity contribution >= 4 is 13.3 Å².